The van der Waals surface area contributed by atoms with Crippen LogP contribution in [0.4, 0.5) is 0 Å². The lowest BCUT2D eigenvalue weighted by Crippen LogP contribution is -2.44. The van der Waals surface area contributed by atoms with Crippen molar-refractivity contribution in [1.29, 1.82) is 0 Å². The van der Waals surface area contributed by atoms with Crippen LogP contribution in [0.2, 0.25) is 0 Å². The molecule has 8 heteroatoms. The first-order chi connectivity index (χ1) is 27.2. The Kier molecular flexibility index (Phi) is 37.1. The number of hydrogen-bond acceptors (Lipinski definition) is 7. The molecule has 0 aliphatic carbocycles. The predicted molar refractivity (Wildman–Crippen MR) is 232 cm³/mol. The van der Waals surface area contributed by atoms with Crippen LogP contribution >= 0.6 is 0 Å². The second kappa shape index (κ2) is 39.7. The lowest BCUT2D eigenvalue weighted by atomic mass is 10.1. The first-order valence-electron chi connectivity index (χ1n) is 21.1. The molecule has 0 aliphatic heterocycles. The van der Waals surface area contributed by atoms with Crippen LogP contribution in [0.1, 0.15) is 122 Å². The number of esters is 1. The van der Waals surface area contributed by atoms with Crippen molar-refractivity contribution in [2.75, 3.05) is 47.5 Å². The molecule has 0 saturated heterocycles. The van der Waals surface area contributed by atoms with Gasteiger partial charge in [-0.05, 0) is 77.0 Å². The topological polar surface area (TPSA) is 105 Å². The van der Waals surface area contributed by atoms with E-state index in [0.717, 1.165) is 89.9 Å². The van der Waals surface area contributed by atoms with Crippen molar-refractivity contribution < 1.29 is 38.5 Å². The molecule has 0 heterocycles. The highest BCUT2D eigenvalue weighted by Gasteiger charge is 2.17. The molecule has 56 heavy (non-hydrogen) atoms. The summed E-state index contributed by atoms with van der Waals surface area (Å²) in [5, 5.41) is 21.2. The summed E-state index contributed by atoms with van der Waals surface area (Å²) < 4.78 is 16.0. The molecule has 2 unspecified atom stereocenters. The van der Waals surface area contributed by atoms with Gasteiger partial charge in [0.25, 0.3) is 0 Å². The Morgan fingerprint density at radius 2 is 0.946 bits per heavy atom. The summed E-state index contributed by atoms with van der Waals surface area (Å²) in [7, 11) is 5.86. The molecular formula is C48H77NO7. The number of likely N-dealkylation sites (N-methyl/N-ethyl adjacent to an activating group) is 1. The third-order valence-corrected chi connectivity index (χ3v) is 8.27. The fraction of sp³-hybridized carbons (Fsp3) is 0.583. The highest BCUT2D eigenvalue weighted by atomic mass is 16.7. The van der Waals surface area contributed by atoms with Crippen LogP contribution < -0.4 is 5.11 Å². The lowest BCUT2D eigenvalue weighted by Gasteiger charge is -2.26. The van der Waals surface area contributed by atoms with E-state index in [4.69, 9.17) is 14.2 Å². The highest BCUT2D eigenvalue weighted by molar-refractivity contribution is 5.69. The van der Waals surface area contributed by atoms with E-state index >= 15 is 0 Å². The quantitative estimate of drug-likeness (QED) is 0.0220. The number of carbonyl (C=O) groups excluding carboxylic acids is 2. The van der Waals surface area contributed by atoms with Gasteiger partial charge in [-0.2, -0.15) is 0 Å². The van der Waals surface area contributed by atoms with Crippen LogP contribution in [0.5, 0.6) is 0 Å². The number of nitrogens with zero attached hydrogens (tertiary/aromatic N) is 1. The molecule has 0 radical (unpaired) electrons. The number of carbonyl (C=O) groups is 2. The van der Waals surface area contributed by atoms with Gasteiger partial charge < -0.3 is 33.7 Å². The second-order valence-electron chi connectivity index (χ2n) is 14.8. The summed E-state index contributed by atoms with van der Waals surface area (Å²) in [5.41, 5.74) is 0. The van der Waals surface area contributed by atoms with Crippen LogP contribution in [0.15, 0.2) is 109 Å². The van der Waals surface area contributed by atoms with E-state index in [-0.39, 0.29) is 25.8 Å². The van der Waals surface area contributed by atoms with E-state index in [1.54, 1.807) is 0 Å². The number of hydrogen-bond donors (Lipinski definition) is 1. The number of aliphatic hydroxyl groups is 1. The van der Waals surface area contributed by atoms with Crippen LogP contribution in [0, 0.1) is 0 Å². The zero-order valence-corrected chi connectivity index (χ0v) is 35.4. The molecule has 0 rings (SSSR count). The maximum Gasteiger partial charge on any atom is 0.305 e. The Morgan fingerprint density at radius 3 is 1.36 bits per heavy atom. The Morgan fingerprint density at radius 1 is 0.554 bits per heavy atom. The fourth-order valence-electron chi connectivity index (χ4n) is 4.99. The number of aliphatic carboxylic acids is 1. The summed E-state index contributed by atoms with van der Waals surface area (Å²) in [6, 6.07) is 0. The van der Waals surface area contributed by atoms with Crippen LogP contribution in [-0.4, -0.2) is 81.4 Å². The number of unbranched alkanes of at least 4 members (excludes halogenated alkanes) is 7. The maximum atomic E-state index is 12.0. The number of rotatable bonds is 37. The average Bonchev–Trinajstić information content (AvgIpc) is 3.16. The smallest absolute Gasteiger partial charge is 0.305 e. The summed E-state index contributed by atoms with van der Waals surface area (Å²) >= 11 is 0. The second-order valence-corrected chi connectivity index (χ2v) is 14.8. The molecule has 8 nitrogen and oxygen atoms in total. The van der Waals surface area contributed by atoms with Gasteiger partial charge in [0.1, 0.15) is 19.3 Å². The van der Waals surface area contributed by atoms with E-state index in [1.807, 2.05) is 21.1 Å². The minimum Gasteiger partial charge on any atom is -0.545 e. The molecule has 2 atom stereocenters. The fourth-order valence-corrected chi connectivity index (χ4v) is 4.99. The van der Waals surface area contributed by atoms with Gasteiger partial charge in [-0.15, -0.1) is 0 Å². The van der Waals surface area contributed by atoms with E-state index in [2.05, 4.69) is 116 Å². The van der Waals surface area contributed by atoms with Gasteiger partial charge in [-0.3, -0.25) is 4.79 Å². The number of carboxylic acids is 1. The van der Waals surface area contributed by atoms with Crippen LogP contribution in [-0.2, 0) is 23.8 Å². The van der Waals surface area contributed by atoms with Crippen molar-refractivity contribution in [2.45, 2.75) is 135 Å². The number of aliphatic hydroxyl groups excluding tert-OH is 1. The molecule has 0 aromatic carbocycles. The molecule has 0 aromatic heterocycles. The van der Waals surface area contributed by atoms with Gasteiger partial charge in [-0.25, -0.2) is 0 Å². The normalized spacial score (nSPS) is 14.2. The van der Waals surface area contributed by atoms with Crippen molar-refractivity contribution >= 4 is 11.9 Å². The van der Waals surface area contributed by atoms with E-state index < -0.39 is 18.4 Å². The zero-order chi connectivity index (χ0) is 41.2. The van der Waals surface area contributed by atoms with Crippen LogP contribution in [0.25, 0.3) is 0 Å². The summed E-state index contributed by atoms with van der Waals surface area (Å²) in [6.45, 7) is 2.30. The number of quaternary nitrogens is 1. The van der Waals surface area contributed by atoms with Crippen LogP contribution in [0.3, 0.4) is 0 Å². The number of carboxylic acid groups (broad SMARTS) is 1. The standard InChI is InChI=1S/C48H77NO7/c1-5-6-7-8-9-10-11-12-13-14-15-16-17-18-19-20-21-22-23-24-25-26-27-28-29-30-31-32-33-34-35-36-37-38-39-40-46(51)55-43-45(50)44-56-48(47(52)53)54-42-41-49(2,3)4/h6-7,9-10,12-13,15-16,18-19,21-22,24-25,27-28,30-31,45,48,50H,5,8,11,14,17,20,23,26,29,32-44H2,1-4H3/b7-6-,10-9-,13-12-,16-15-,19-18-,22-21-,25-24-,28-27-,31-30-. The Balaban J connectivity index is 3.64. The van der Waals surface area contributed by atoms with E-state index in [9.17, 15) is 19.8 Å². The molecule has 0 amide bonds. The molecule has 0 spiro atoms. The zero-order valence-electron chi connectivity index (χ0n) is 35.4. The van der Waals surface area contributed by atoms with E-state index in [0.29, 0.717) is 17.4 Å². The van der Waals surface area contributed by atoms with Crippen molar-refractivity contribution in [3.8, 4) is 0 Å². The average molecular weight is 780 g/mol. The molecule has 1 N–H and O–H groups in total. The minimum absolute atomic E-state index is 0.163. The Bertz CT molecular complexity index is 1220. The number of ether oxygens (including phenoxy) is 3. The van der Waals surface area contributed by atoms with Crippen molar-refractivity contribution in [1.82, 2.24) is 0 Å². The summed E-state index contributed by atoms with van der Waals surface area (Å²) in [4.78, 5) is 23.2. The monoisotopic (exact) mass is 780 g/mol. The predicted octanol–water partition coefficient (Wildman–Crippen LogP) is 9.75. The molecule has 0 fully saturated rings. The third kappa shape index (κ3) is 41.6. The minimum atomic E-state index is -1.58. The van der Waals surface area contributed by atoms with Crippen molar-refractivity contribution in [3.05, 3.63) is 109 Å². The molecule has 0 saturated carbocycles. The van der Waals surface area contributed by atoms with Gasteiger partial charge in [0.15, 0.2) is 6.29 Å². The number of allylic oxidation sites excluding steroid dienone is 18. The molecule has 316 valence electrons. The summed E-state index contributed by atoms with van der Waals surface area (Å²) in [6.07, 6.45) is 55.4. The molecule has 0 bridgehead atoms. The highest BCUT2D eigenvalue weighted by Crippen LogP contribution is 2.11. The largest absolute Gasteiger partial charge is 0.545 e. The van der Waals surface area contributed by atoms with Crippen molar-refractivity contribution in [2.24, 2.45) is 0 Å². The van der Waals surface area contributed by atoms with Gasteiger partial charge in [0.05, 0.1) is 40.3 Å². The first-order valence-corrected chi connectivity index (χ1v) is 21.1. The van der Waals surface area contributed by atoms with E-state index in [1.165, 1.54) is 19.3 Å². The lowest BCUT2D eigenvalue weighted by molar-refractivity contribution is -0.870. The molecule has 0 aliphatic rings. The maximum absolute atomic E-state index is 12.0. The van der Waals surface area contributed by atoms with Gasteiger partial charge in [-0.1, -0.05) is 148 Å². The summed E-state index contributed by atoms with van der Waals surface area (Å²) in [5.74, 6) is -1.89. The molecule has 0 aromatic rings. The first kappa shape index (κ1) is 52.4. The van der Waals surface area contributed by atoms with Crippen molar-refractivity contribution in [3.63, 3.8) is 0 Å². The third-order valence-electron chi connectivity index (χ3n) is 8.27. The van der Waals surface area contributed by atoms with Gasteiger partial charge >= 0.3 is 5.97 Å². The molecular weight excluding hydrogens is 703 g/mol. The van der Waals surface area contributed by atoms with Gasteiger partial charge in [0.2, 0.25) is 0 Å². The Labute approximate surface area is 341 Å². The SMILES string of the molecule is CC/C=C\C/C=C\C/C=C\C/C=C\C/C=C\C/C=C\C/C=C\C/C=C\C/C=C\CCCCCCCCCC(=O)OCC(O)COC(OCC[N+](C)(C)C)C(=O)[O-]. The Hall–Kier alpha value is -3.56. The van der Waals surface area contributed by atoms with Gasteiger partial charge in [0, 0.05) is 6.42 Å².